The molecule has 3 aromatic carbocycles. The molecule has 2 aliphatic carbocycles. The van der Waals surface area contributed by atoms with Gasteiger partial charge in [0.1, 0.15) is 18.0 Å². The molecule has 1 unspecified atom stereocenters. The van der Waals surface area contributed by atoms with Crippen LogP contribution in [0.15, 0.2) is 72.8 Å². The molecule has 1 aliphatic heterocycles. The lowest BCUT2D eigenvalue weighted by Crippen LogP contribution is -2.51. The summed E-state index contributed by atoms with van der Waals surface area (Å²) < 4.78 is 17.2. The summed E-state index contributed by atoms with van der Waals surface area (Å²) in [5, 5.41) is 12.9. The van der Waals surface area contributed by atoms with Gasteiger partial charge in [-0.15, -0.1) is 0 Å². The molecule has 1 saturated carbocycles. The minimum absolute atomic E-state index is 0.125. The van der Waals surface area contributed by atoms with Crippen molar-refractivity contribution >= 4 is 5.69 Å². The normalized spacial score (nSPS) is 22.6. The number of aliphatic hydroxyl groups is 1. The van der Waals surface area contributed by atoms with Crippen molar-refractivity contribution in [2.24, 2.45) is 11.3 Å². The molecule has 41 heavy (non-hydrogen) atoms. The van der Waals surface area contributed by atoms with Crippen LogP contribution in [0.25, 0.3) is 0 Å². The average Bonchev–Trinajstić information content (AvgIpc) is 3.04. The van der Waals surface area contributed by atoms with E-state index in [-0.39, 0.29) is 11.7 Å². The highest BCUT2D eigenvalue weighted by Gasteiger charge is 2.55. The number of anilines is 1. The Kier molecular flexibility index (Phi) is 8.39. The van der Waals surface area contributed by atoms with Crippen molar-refractivity contribution < 1.29 is 19.3 Å². The predicted octanol–water partition coefficient (Wildman–Crippen LogP) is 7.23. The summed E-state index contributed by atoms with van der Waals surface area (Å²) in [5.74, 6) is 1.30. The largest absolute Gasteiger partial charge is 0.489 e. The Morgan fingerprint density at radius 3 is 2.24 bits per heavy atom. The van der Waals surface area contributed by atoms with Crippen molar-refractivity contribution in [3.8, 4) is 5.75 Å². The topological polar surface area (TPSA) is 51.2 Å². The molecular formula is C36H45NO4. The third-order valence-electron chi connectivity index (χ3n) is 10.2. The smallest absolute Gasteiger partial charge is 0.159 e. The van der Waals surface area contributed by atoms with Gasteiger partial charge in [-0.3, -0.25) is 0 Å². The van der Waals surface area contributed by atoms with Gasteiger partial charge < -0.3 is 24.2 Å². The predicted molar refractivity (Wildman–Crippen MR) is 163 cm³/mol. The molecular weight excluding hydrogens is 510 g/mol. The molecule has 1 atom stereocenters. The number of aryl methyl sites for hydroxylation is 1. The molecule has 5 nitrogen and oxygen atoms in total. The van der Waals surface area contributed by atoms with Gasteiger partial charge in [-0.2, -0.15) is 0 Å². The van der Waals surface area contributed by atoms with Gasteiger partial charge in [-0.05, 0) is 85.0 Å². The van der Waals surface area contributed by atoms with Gasteiger partial charge in [-0.25, -0.2) is 0 Å². The summed E-state index contributed by atoms with van der Waals surface area (Å²) in [7, 11) is 3.45. The minimum Gasteiger partial charge on any atom is -0.489 e. The fourth-order valence-corrected chi connectivity index (χ4v) is 7.93. The number of benzene rings is 3. The number of piperidine rings is 1. The number of rotatable bonds is 8. The van der Waals surface area contributed by atoms with Gasteiger partial charge >= 0.3 is 0 Å². The highest BCUT2D eigenvalue weighted by atomic mass is 16.7. The van der Waals surface area contributed by atoms with E-state index in [9.17, 15) is 5.11 Å². The van der Waals surface area contributed by atoms with Gasteiger partial charge in [0, 0.05) is 44.3 Å². The summed E-state index contributed by atoms with van der Waals surface area (Å²) in [4.78, 5) is 2.45. The Morgan fingerprint density at radius 1 is 0.854 bits per heavy atom. The molecule has 2 fully saturated rings. The van der Waals surface area contributed by atoms with Gasteiger partial charge in [0.25, 0.3) is 0 Å². The number of hydrogen-bond donors (Lipinski definition) is 1. The third-order valence-corrected chi connectivity index (χ3v) is 10.2. The zero-order chi connectivity index (χ0) is 28.3. The van der Waals surface area contributed by atoms with E-state index >= 15 is 0 Å². The van der Waals surface area contributed by atoms with Crippen LogP contribution in [0.4, 0.5) is 5.69 Å². The van der Waals surface area contributed by atoms with Crippen molar-refractivity contribution in [2.75, 3.05) is 32.2 Å². The second-order valence-corrected chi connectivity index (χ2v) is 12.4. The van der Waals surface area contributed by atoms with Crippen molar-refractivity contribution in [1.82, 2.24) is 0 Å². The summed E-state index contributed by atoms with van der Waals surface area (Å²) in [6.45, 7) is 2.51. The number of methoxy groups -OCH3 is 2. The SMILES string of the molecule is COC(OC)C1CCN(c2ccc(C3(O)c4ccc(OCc5ccccc5)cc4CCC34CCCCC4)cc2)CC1. The van der Waals surface area contributed by atoms with Gasteiger partial charge in [0.15, 0.2) is 6.29 Å². The standard InChI is InChI=1S/C36H45NO4/c1-39-34(40-2)28-18-23-37(24-19-28)31-13-11-30(12-14-31)36(38)33-16-15-32(41-26-27-9-5-3-6-10-27)25-29(33)17-22-35(36)20-7-4-8-21-35/h3,5-6,9-16,25,28,34,38H,4,7-8,17-24,26H2,1-2H3. The summed E-state index contributed by atoms with van der Waals surface area (Å²) >= 11 is 0. The van der Waals surface area contributed by atoms with Crippen LogP contribution in [0, 0.1) is 11.3 Å². The lowest BCUT2D eigenvalue weighted by Gasteiger charge is -2.54. The van der Waals surface area contributed by atoms with Crippen molar-refractivity contribution in [1.29, 1.82) is 0 Å². The van der Waals surface area contributed by atoms with Gasteiger partial charge in [0.2, 0.25) is 0 Å². The number of ether oxygens (including phenoxy) is 3. The molecule has 1 N–H and O–H groups in total. The molecule has 1 heterocycles. The number of fused-ring (bicyclic) bond motifs is 1. The van der Waals surface area contributed by atoms with Crippen molar-refractivity contribution in [3.63, 3.8) is 0 Å². The maximum atomic E-state index is 12.9. The van der Waals surface area contributed by atoms with E-state index in [4.69, 9.17) is 14.2 Å². The zero-order valence-electron chi connectivity index (χ0n) is 24.7. The van der Waals surface area contributed by atoms with E-state index in [0.29, 0.717) is 12.5 Å². The molecule has 0 amide bonds. The Bertz CT molecular complexity index is 1270. The zero-order valence-corrected chi connectivity index (χ0v) is 24.7. The number of nitrogens with zero attached hydrogens (tertiary/aromatic N) is 1. The molecule has 1 spiro atoms. The molecule has 0 radical (unpaired) electrons. The van der Waals surface area contributed by atoms with Crippen LogP contribution in [-0.2, 0) is 28.1 Å². The lowest BCUT2D eigenvalue weighted by molar-refractivity contribution is -0.141. The minimum atomic E-state index is -1.01. The summed E-state index contributed by atoms with van der Waals surface area (Å²) in [6.07, 6.45) is 9.74. The van der Waals surface area contributed by atoms with Crippen molar-refractivity contribution in [3.05, 3.63) is 95.1 Å². The van der Waals surface area contributed by atoms with Crippen LogP contribution in [0.1, 0.15) is 73.6 Å². The first-order valence-electron chi connectivity index (χ1n) is 15.5. The highest BCUT2D eigenvalue weighted by Crippen LogP contribution is 2.59. The highest BCUT2D eigenvalue weighted by molar-refractivity contribution is 5.53. The first-order chi connectivity index (χ1) is 20.1. The van der Waals surface area contributed by atoms with Gasteiger partial charge in [-0.1, -0.05) is 67.8 Å². The monoisotopic (exact) mass is 555 g/mol. The lowest BCUT2D eigenvalue weighted by atomic mass is 9.53. The van der Waals surface area contributed by atoms with E-state index in [2.05, 4.69) is 59.5 Å². The molecule has 5 heteroatoms. The van der Waals surface area contributed by atoms with Crippen LogP contribution in [0.3, 0.4) is 0 Å². The molecule has 3 aromatic rings. The summed E-state index contributed by atoms with van der Waals surface area (Å²) in [6, 6.07) is 25.5. The molecule has 218 valence electrons. The van der Waals surface area contributed by atoms with E-state index in [1.165, 1.54) is 30.5 Å². The fraction of sp³-hybridized carbons (Fsp3) is 0.500. The van der Waals surface area contributed by atoms with E-state index in [1.54, 1.807) is 14.2 Å². The van der Waals surface area contributed by atoms with Crippen LogP contribution < -0.4 is 9.64 Å². The first kappa shape index (κ1) is 28.3. The number of hydrogen-bond acceptors (Lipinski definition) is 5. The Hall–Kier alpha value is -2.86. The molecule has 0 bridgehead atoms. The van der Waals surface area contributed by atoms with Crippen LogP contribution in [0.5, 0.6) is 5.75 Å². The van der Waals surface area contributed by atoms with Crippen molar-refractivity contribution in [2.45, 2.75) is 76.3 Å². The average molecular weight is 556 g/mol. The Balaban J connectivity index is 1.26. The van der Waals surface area contributed by atoms with Crippen LogP contribution in [-0.4, -0.2) is 38.7 Å². The van der Waals surface area contributed by atoms with Gasteiger partial charge in [0.05, 0.1) is 0 Å². The molecule has 0 aromatic heterocycles. The van der Waals surface area contributed by atoms with E-state index < -0.39 is 5.60 Å². The Labute approximate surface area is 245 Å². The first-order valence-corrected chi connectivity index (χ1v) is 15.5. The van der Waals surface area contributed by atoms with Crippen LogP contribution in [0.2, 0.25) is 0 Å². The second kappa shape index (κ2) is 12.2. The molecule has 3 aliphatic rings. The maximum Gasteiger partial charge on any atom is 0.159 e. The third kappa shape index (κ3) is 5.40. The molecule has 1 saturated heterocycles. The Morgan fingerprint density at radius 2 is 1.56 bits per heavy atom. The molecule has 6 rings (SSSR count). The van der Waals surface area contributed by atoms with E-state index in [1.807, 2.05) is 18.2 Å². The second-order valence-electron chi connectivity index (χ2n) is 12.4. The van der Waals surface area contributed by atoms with E-state index in [0.717, 1.165) is 74.1 Å². The fourth-order valence-electron chi connectivity index (χ4n) is 7.93. The maximum absolute atomic E-state index is 12.9. The van der Waals surface area contributed by atoms with Crippen LogP contribution >= 0.6 is 0 Å². The summed E-state index contributed by atoms with van der Waals surface area (Å²) in [5.41, 5.74) is 4.55. The quantitative estimate of drug-likeness (QED) is 0.297.